The molecule has 0 amide bonds. The first-order valence-corrected chi connectivity index (χ1v) is 6.62. The number of nitrogens with two attached hydrogens (primary N) is 1. The minimum absolute atomic E-state index is 0.0258. The summed E-state index contributed by atoms with van der Waals surface area (Å²) in [6.07, 6.45) is 0. The number of anilines is 3. The highest BCUT2D eigenvalue weighted by atomic mass is 32.1. The highest BCUT2D eigenvalue weighted by Crippen LogP contribution is 2.29. The van der Waals surface area contributed by atoms with Gasteiger partial charge >= 0.3 is 0 Å². The van der Waals surface area contributed by atoms with Crippen LogP contribution in [0.25, 0.3) is 0 Å². The number of thiazole rings is 1. The molecule has 0 unspecified atom stereocenters. The standard InChI is InChI=1S/C13H14FN3OS/c1-7(2)10(18)11-12(15)17-13(19-11)16-9-5-3-8(14)4-6-9/h3-7H,15H2,1-2H3,(H,16,17). The Balaban J connectivity index is 2.21. The van der Waals surface area contributed by atoms with Crippen LogP contribution >= 0.6 is 11.3 Å². The highest BCUT2D eigenvalue weighted by Gasteiger charge is 2.18. The molecular formula is C13H14FN3OS. The molecule has 0 fully saturated rings. The van der Waals surface area contributed by atoms with E-state index in [0.717, 1.165) is 0 Å². The van der Waals surface area contributed by atoms with Gasteiger partial charge in [-0.15, -0.1) is 0 Å². The fourth-order valence-corrected chi connectivity index (χ4v) is 2.47. The summed E-state index contributed by atoms with van der Waals surface area (Å²) in [7, 11) is 0. The number of hydrogen-bond acceptors (Lipinski definition) is 5. The summed E-state index contributed by atoms with van der Waals surface area (Å²) in [6, 6.07) is 5.88. The van der Waals surface area contributed by atoms with E-state index in [1.54, 1.807) is 12.1 Å². The van der Waals surface area contributed by atoms with E-state index in [1.807, 2.05) is 13.8 Å². The molecule has 0 saturated heterocycles. The normalized spacial score (nSPS) is 10.7. The maximum atomic E-state index is 12.8. The van der Waals surface area contributed by atoms with Gasteiger partial charge in [-0.2, -0.15) is 0 Å². The lowest BCUT2D eigenvalue weighted by molar-refractivity contribution is 0.0944. The first-order chi connectivity index (χ1) is 8.97. The van der Waals surface area contributed by atoms with E-state index in [9.17, 15) is 9.18 Å². The summed E-state index contributed by atoms with van der Waals surface area (Å²) >= 11 is 1.20. The van der Waals surface area contributed by atoms with Crippen LogP contribution < -0.4 is 11.1 Å². The van der Waals surface area contributed by atoms with Crippen molar-refractivity contribution in [1.82, 2.24) is 4.98 Å². The van der Waals surface area contributed by atoms with E-state index in [0.29, 0.717) is 15.7 Å². The largest absolute Gasteiger partial charge is 0.382 e. The lowest BCUT2D eigenvalue weighted by Gasteiger charge is -2.01. The van der Waals surface area contributed by atoms with Crippen molar-refractivity contribution in [3.63, 3.8) is 0 Å². The molecule has 0 spiro atoms. The summed E-state index contributed by atoms with van der Waals surface area (Å²) in [6.45, 7) is 3.63. The van der Waals surface area contributed by atoms with Gasteiger partial charge < -0.3 is 11.1 Å². The van der Waals surface area contributed by atoms with Gasteiger partial charge in [0, 0.05) is 11.6 Å². The quantitative estimate of drug-likeness (QED) is 0.841. The van der Waals surface area contributed by atoms with Gasteiger partial charge in [0.15, 0.2) is 10.9 Å². The number of halogens is 1. The second-order valence-electron chi connectivity index (χ2n) is 4.38. The average Bonchev–Trinajstić information content (AvgIpc) is 2.72. The monoisotopic (exact) mass is 279 g/mol. The van der Waals surface area contributed by atoms with E-state index in [-0.39, 0.29) is 23.3 Å². The van der Waals surface area contributed by atoms with E-state index in [4.69, 9.17) is 5.73 Å². The zero-order valence-electron chi connectivity index (χ0n) is 10.6. The van der Waals surface area contributed by atoms with Gasteiger partial charge in [-0.25, -0.2) is 9.37 Å². The van der Waals surface area contributed by atoms with Gasteiger partial charge in [0.25, 0.3) is 0 Å². The van der Waals surface area contributed by atoms with Crippen LogP contribution in [0.4, 0.5) is 21.0 Å². The Morgan fingerprint density at radius 1 is 1.37 bits per heavy atom. The Bertz CT molecular complexity index is 592. The van der Waals surface area contributed by atoms with Crippen molar-refractivity contribution in [1.29, 1.82) is 0 Å². The summed E-state index contributed by atoms with van der Waals surface area (Å²) in [5.41, 5.74) is 6.43. The number of hydrogen-bond donors (Lipinski definition) is 2. The summed E-state index contributed by atoms with van der Waals surface area (Å²) < 4.78 is 12.8. The molecule has 1 aromatic heterocycles. The van der Waals surface area contributed by atoms with Gasteiger partial charge in [-0.1, -0.05) is 25.2 Å². The topological polar surface area (TPSA) is 68.0 Å². The van der Waals surface area contributed by atoms with Crippen molar-refractivity contribution in [2.75, 3.05) is 11.1 Å². The molecule has 100 valence electrons. The number of rotatable bonds is 4. The lowest BCUT2D eigenvalue weighted by Crippen LogP contribution is -2.07. The molecule has 3 N–H and O–H groups in total. The summed E-state index contributed by atoms with van der Waals surface area (Å²) in [4.78, 5) is 16.4. The number of carbonyl (C=O) groups excluding carboxylic acids is 1. The van der Waals surface area contributed by atoms with Crippen molar-refractivity contribution < 1.29 is 9.18 Å². The fraction of sp³-hybridized carbons (Fsp3) is 0.231. The maximum absolute atomic E-state index is 12.8. The van der Waals surface area contributed by atoms with Gasteiger partial charge in [0.05, 0.1) is 0 Å². The van der Waals surface area contributed by atoms with E-state index < -0.39 is 0 Å². The molecule has 19 heavy (non-hydrogen) atoms. The molecule has 0 atom stereocenters. The van der Waals surface area contributed by atoms with Crippen LogP contribution in [0.3, 0.4) is 0 Å². The smallest absolute Gasteiger partial charge is 0.189 e. The van der Waals surface area contributed by atoms with Crippen LogP contribution in [0, 0.1) is 11.7 Å². The number of Topliss-reactive ketones (excluding diaryl/α,β-unsaturated/α-hetero) is 1. The molecule has 2 rings (SSSR count). The lowest BCUT2D eigenvalue weighted by atomic mass is 10.1. The molecule has 1 heterocycles. The molecule has 0 radical (unpaired) electrons. The Morgan fingerprint density at radius 2 is 2.00 bits per heavy atom. The van der Waals surface area contributed by atoms with Crippen LogP contribution in [-0.4, -0.2) is 10.8 Å². The number of nitrogen functional groups attached to an aromatic ring is 1. The molecule has 4 nitrogen and oxygen atoms in total. The molecule has 6 heteroatoms. The van der Waals surface area contributed by atoms with Gasteiger partial charge in [-0.05, 0) is 24.3 Å². The molecule has 1 aromatic carbocycles. The molecule has 0 bridgehead atoms. The third-order valence-electron chi connectivity index (χ3n) is 2.50. The van der Waals surface area contributed by atoms with Crippen LogP contribution in [0.15, 0.2) is 24.3 Å². The number of aromatic nitrogens is 1. The van der Waals surface area contributed by atoms with Crippen molar-refractivity contribution in [3.8, 4) is 0 Å². The second-order valence-corrected chi connectivity index (χ2v) is 5.38. The molecule has 0 saturated carbocycles. The van der Waals surface area contributed by atoms with E-state index in [1.165, 1.54) is 23.5 Å². The maximum Gasteiger partial charge on any atom is 0.189 e. The Labute approximate surface area is 114 Å². The van der Waals surface area contributed by atoms with E-state index >= 15 is 0 Å². The number of ketones is 1. The van der Waals surface area contributed by atoms with Crippen LogP contribution in [0.2, 0.25) is 0 Å². The molecule has 0 aliphatic rings. The average molecular weight is 279 g/mol. The van der Waals surface area contributed by atoms with Gasteiger partial charge in [0.1, 0.15) is 16.5 Å². The van der Waals surface area contributed by atoms with Crippen molar-refractivity contribution in [3.05, 3.63) is 35.0 Å². The molecule has 0 aliphatic carbocycles. The number of nitrogens with zero attached hydrogens (tertiary/aromatic N) is 1. The van der Waals surface area contributed by atoms with E-state index in [2.05, 4.69) is 10.3 Å². The Morgan fingerprint density at radius 3 is 2.58 bits per heavy atom. The molecule has 0 aliphatic heterocycles. The van der Waals surface area contributed by atoms with Crippen LogP contribution in [0.1, 0.15) is 23.5 Å². The number of carbonyl (C=O) groups is 1. The van der Waals surface area contributed by atoms with Crippen LogP contribution in [0.5, 0.6) is 0 Å². The highest BCUT2D eigenvalue weighted by molar-refractivity contribution is 7.18. The third-order valence-corrected chi connectivity index (χ3v) is 3.50. The number of nitrogens with one attached hydrogen (secondary N) is 1. The Kier molecular flexibility index (Phi) is 3.80. The predicted octanol–water partition coefficient (Wildman–Crippen LogP) is 3.45. The Hall–Kier alpha value is -1.95. The SMILES string of the molecule is CC(C)C(=O)c1sc(Nc2ccc(F)cc2)nc1N. The van der Waals surface area contributed by atoms with Crippen molar-refractivity contribution >= 4 is 33.8 Å². The first kappa shape index (κ1) is 13.5. The summed E-state index contributed by atoms with van der Waals surface area (Å²) in [5, 5.41) is 3.52. The van der Waals surface area contributed by atoms with Gasteiger partial charge in [-0.3, -0.25) is 4.79 Å². The zero-order valence-corrected chi connectivity index (χ0v) is 11.4. The minimum atomic E-state index is -0.306. The number of benzene rings is 1. The van der Waals surface area contributed by atoms with Crippen molar-refractivity contribution in [2.24, 2.45) is 5.92 Å². The molecule has 2 aromatic rings. The third kappa shape index (κ3) is 3.08. The summed E-state index contributed by atoms with van der Waals surface area (Å²) in [5.74, 6) is -0.225. The molecular weight excluding hydrogens is 265 g/mol. The predicted molar refractivity (Wildman–Crippen MR) is 75.4 cm³/mol. The zero-order chi connectivity index (χ0) is 14.0. The first-order valence-electron chi connectivity index (χ1n) is 5.80. The second kappa shape index (κ2) is 5.36. The van der Waals surface area contributed by atoms with Crippen LogP contribution in [-0.2, 0) is 0 Å². The fourth-order valence-electron chi connectivity index (χ4n) is 1.48. The van der Waals surface area contributed by atoms with Crippen molar-refractivity contribution in [2.45, 2.75) is 13.8 Å². The minimum Gasteiger partial charge on any atom is -0.382 e. The van der Waals surface area contributed by atoms with Gasteiger partial charge in [0.2, 0.25) is 0 Å².